The van der Waals surface area contributed by atoms with Crippen LogP contribution in [0.25, 0.3) is 0 Å². The van der Waals surface area contributed by atoms with E-state index in [4.69, 9.17) is 16.7 Å². The summed E-state index contributed by atoms with van der Waals surface area (Å²) >= 11 is 6.36. The Balaban J connectivity index is 2.39. The van der Waals surface area contributed by atoms with Crippen LogP contribution < -0.4 is 5.32 Å². The van der Waals surface area contributed by atoms with Crippen LogP contribution in [0.4, 0.5) is 0 Å². The van der Waals surface area contributed by atoms with Crippen LogP contribution in [0.15, 0.2) is 18.2 Å². The highest BCUT2D eigenvalue weighted by molar-refractivity contribution is 6.31. The fourth-order valence-corrected chi connectivity index (χ4v) is 3.02. The minimum absolute atomic E-state index is 0.735. The van der Waals surface area contributed by atoms with Gasteiger partial charge in [0.25, 0.3) is 0 Å². The third-order valence-electron chi connectivity index (χ3n) is 3.80. The van der Waals surface area contributed by atoms with Gasteiger partial charge in [-0.15, -0.1) is 0 Å². The summed E-state index contributed by atoms with van der Waals surface area (Å²) in [5, 5.41) is 8.87. The second kappa shape index (κ2) is 7.10. The van der Waals surface area contributed by atoms with E-state index in [-0.39, 0.29) is 0 Å². The van der Waals surface area contributed by atoms with Crippen LogP contribution in [-0.2, 0) is 25.9 Å². The molecular weight excluding hydrogens is 282 g/mol. The van der Waals surface area contributed by atoms with Crippen molar-refractivity contribution in [3.05, 3.63) is 51.3 Å². The maximum absolute atomic E-state index is 6.36. The molecule has 3 nitrogen and oxygen atoms in total. The highest BCUT2D eigenvalue weighted by Gasteiger charge is 2.15. The number of aryl methyl sites for hydroxylation is 2. The second-order valence-corrected chi connectivity index (χ2v) is 5.77. The molecule has 0 fully saturated rings. The van der Waals surface area contributed by atoms with Crippen LogP contribution in [0.3, 0.4) is 0 Å². The molecule has 1 aromatic carbocycles. The Labute approximate surface area is 132 Å². The van der Waals surface area contributed by atoms with E-state index in [1.807, 2.05) is 13.1 Å². The van der Waals surface area contributed by atoms with Gasteiger partial charge in [0.1, 0.15) is 0 Å². The Morgan fingerprint density at radius 2 is 2.00 bits per heavy atom. The Morgan fingerprint density at radius 1 is 1.24 bits per heavy atom. The quantitative estimate of drug-likeness (QED) is 0.881. The number of rotatable bonds is 6. The average molecular weight is 306 g/mol. The van der Waals surface area contributed by atoms with E-state index in [0.717, 1.165) is 36.5 Å². The second-order valence-electron chi connectivity index (χ2n) is 5.36. The third kappa shape index (κ3) is 3.47. The predicted molar refractivity (Wildman–Crippen MR) is 89.0 cm³/mol. The minimum Gasteiger partial charge on any atom is -0.316 e. The molecular formula is C17H24ClN3. The van der Waals surface area contributed by atoms with Crippen molar-refractivity contribution in [1.82, 2.24) is 15.1 Å². The smallest absolute Gasteiger partial charge is 0.0677 e. The van der Waals surface area contributed by atoms with Crippen molar-refractivity contribution in [2.75, 3.05) is 7.05 Å². The molecule has 0 amide bonds. The summed E-state index contributed by atoms with van der Waals surface area (Å²) in [5.74, 6) is 0. The normalized spacial score (nSPS) is 11.1. The number of benzene rings is 1. The van der Waals surface area contributed by atoms with Gasteiger partial charge in [0.15, 0.2) is 0 Å². The summed E-state index contributed by atoms with van der Waals surface area (Å²) in [7, 11) is 1.98. The Hall–Kier alpha value is -1.32. The van der Waals surface area contributed by atoms with E-state index in [2.05, 4.69) is 42.9 Å². The predicted octanol–water partition coefficient (Wildman–Crippen LogP) is 3.74. The Morgan fingerprint density at radius 3 is 2.57 bits per heavy atom. The summed E-state index contributed by atoms with van der Waals surface area (Å²) in [4.78, 5) is 0. The highest BCUT2D eigenvalue weighted by Crippen LogP contribution is 2.22. The van der Waals surface area contributed by atoms with E-state index >= 15 is 0 Å². The van der Waals surface area contributed by atoms with Crippen LogP contribution in [0, 0.1) is 6.92 Å². The molecule has 1 aromatic heterocycles. The molecule has 0 aliphatic rings. The third-order valence-corrected chi connectivity index (χ3v) is 4.15. The van der Waals surface area contributed by atoms with Gasteiger partial charge in [-0.05, 0) is 44.0 Å². The summed E-state index contributed by atoms with van der Waals surface area (Å²) in [6.45, 7) is 8.00. The van der Waals surface area contributed by atoms with Gasteiger partial charge in [-0.25, -0.2) is 0 Å². The van der Waals surface area contributed by atoms with Crippen LogP contribution in [0.2, 0.25) is 5.02 Å². The average Bonchev–Trinajstić information content (AvgIpc) is 2.79. The number of aromatic nitrogens is 2. The standard InChI is InChI=1S/C17H24ClN3/c1-5-16-14(10-19-4)17(6-2)21(20-16)11-13-8-7-12(3)9-15(13)18/h7-9,19H,5-6,10-11H2,1-4H3. The molecule has 0 radical (unpaired) electrons. The lowest BCUT2D eigenvalue weighted by Gasteiger charge is -2.10. The zero-order chi connectivity index (χ0) is 15.4. The Bertz CT molecular complexity index is 617. The number of nitrogens with zero attached hydrogens (tertiary/aromatic N) is 2. The number of hydrogen-bond donors (Lipinski definition) is 1. The lowest BCUT2D eigenvalue weighted by molar-refractivity contribution is 0.638. The van der Waals surface area contributed by atoms with Gasteiger partial charge in [-0.3, -0.25) is 4.68 Å². The molecule has 0 atom stereocenters. The van der Waals surface area contributed by atoms with Gasteiger partial charge in [0, 0.05) is 22.8 Å². The highest BCUT2D eigenvalue weighted by atomic mass is 35.5. The first-order valence-electron chi connectivity index (χ1n) is 7.57. The van der Waals surface area contributed by atoms with E-state index in [1.54, 1.807) is 0 Å². The molecule has 0 saturated heterocycles. The maximum Gasteiger partial charge on any atom is 0.0677 e. The van der Waals surface area contributed by atoms with E-state index in [9.17, 15) is 0 Å². The van der Waals surface area contributed by atoms with Crippen LogP contribution in [0.1, 0.15) is 41.9 Å². The lowest BCUT2D eigenvalue weighted by Crippen LogP contribution is -2.10. The van der Waals surface area contributed by atoms with Crippen molar-refractivity contribution in [2.45, 2.75) is 46.7 Å². The van der Waals surface area contributed by atoms with Crippen molar-refractivity contribution in [2.24, 2.45) is 0 Å². The first kappa shape index (κ1) is 16.1. The first-order valence-corrected chi connectivity index (χ1v) is 7.95. The fraction of sp³-hybridized carbons (Fsp3) is 0.471. The molecule has 0 bridgehead atoms. The number of nitrogens with one attached hydrogen (secondary N) is 1. The van der Waals surface area contributed by atoms with Gasteiger partial charge in [0.05, 0.1) is 12.2 Å². The first-order chi connectivity index (χ1) is 10.1. The van der Waals surface area contributed by atoms with Gasteiger partial charge < -0.3 is 5.32 Å². The maximum atomic E-state index is 6.36. The molecule has 1 N–H and O–H groups in total. The summed E-state index contributed by atoms with van der Waals surface area (Å²) in [6.07, 6.45) is 1.94. The largest absolute Gasteiger partial charge is 0.316 e. The molecule has 0 unspecified atom stereocenters. The summed E-state index contributed by atoms with van der Waals surface area (Å²) in [6, 6.07) is 6.22. The van der Waals surface area contributed by atoms with Crippen molar-refractivity contribution >= 4 is 11.6 Å². The molecule has 0 spiro atoms. The van der Waals surface area contributed by atoms with Crippen molar-refractivity contribution in [3.8, 4) is 0 Å². The van der Waals surface area contributed by atoms with Crippen molar-refractivity contribution < 1.29 is 0 Å². The molecule has 0 saturated carbocycles. The molecule has 1 heterocycles. The zero-order valence-electron chi connectivity index (χ0n) is 13.3. The lowest BCUT2D eigenvalue weighted by atomic mass is 10.1. The molecule has 0 aliphatic heterocycles. The zero-order valence-corrected chi connectivity index (χ0v) is 14.1. The van der Waals surface area contributed by atoms with E-state index in [0.29, 0.717) is 0 Å². The number of hydrogen-bond acceptors (Lipinski definition) is 2. The van der Waals surface area contributed by atoms with Gasteiger partial charge in [-0.1, -0.05) is 37.6 Å². The SMILES string of the molecule is CCc1nn(Cc2ccc(C)cc2Cl)c(CC)c1CNC. The summed E-state index contributed by atoms with van der Waals surface area (Å²) in [5.41, 5.74) is 6.14. The van der Waals surface area contributed by atoms with Gasteiger partial charge >= 0.3 is 0 Å². The molecule has 2 aromatic rings. The Kier molecular flexibility index (Phi) is 5.43. The molecule has 4 heteroatoms. The van der Waals surface area contributed by atoms with Crippen LogP contribution in [-0.4, -0.2) is 16.8 Å². The topological polar surface area (TPSA) is 29.9 Å². The van der Waals surface area contributed by atoms with Gasteiger partial charge in [0.2, 0.25) is 0 Å². The molecule has 114 valence electrons. The van der Waals surface area contributed by atoms with Crippen LogP contribution in [0.5, 0.6) is 0 Å². The summed E-state index contributed by atoms with van der Waals surface area (Å²) < 4.78 is 2.11. The number of halogens is 1. The van der Waals surface area contributed by atoms with E-state index < -0.39 is 0 Å². The van der Waals surface area contributed by atoms with Gasteiger partial charge in [-0.2, -0.15) is 5.10 Å². The van der Waals surface area contributed by atoms with E-state index in [1.165, 1.54) is 22.5 Å². The van der Waals surface area contributed by atoms with Crippen molar-refractivity contribution in [1.29, 1.82) is 0 Å². The minimum atomic E-state index is 0.735. The van der Waals surface area contributed by atoms with Crippen molar-refractivity contribution in [3.63, 3.8) is 0 Å². The molecule has 21 heavy (non-hydrogen) atoms. The molecule has 2 rings (SSSR count). The monoisotopic (exact) mass is 305 g/mol. The fourth-order valence-electron chi connectivity index (χ4n) is 2.72. The molecule has 0 aliphatic carbocycles. The van der Waals surface area contributed by atoms with Crippen LogP contribution >= 0.6 is 11.6 Å².